The van der Waals surface area contributed by atoms with E-state index in [0.717, 1.165) is 44.9 Å². The zero-order valence-electron chi connectivity index (χ0n) is 15.6. The molecule has 2 aliphatic carbocycles. The Morgan fingerprint density at radius 3 is 2.92 bits per heavy atom. The van der Waals surface area contributed by atoms with Crippen LogP contribution in [-0.4, -0.2) is 22.3 Å². The fraction of sp³-hybridized carbons (Fsp3) is 0.682. The second kappa shape index (κ2) is 9.82. The van der Waals surface area contributed by atoms with Crippen LogP contribution in [0.1, 0.15) is 65.2 Å². The summed E-state index contributed by atoms with van der Waals surface area (Å²) in [6.07, 6.45) is 13.4. The number of carboxylic acids is 1. The number of rotatable bonds is 8. The smallest absolute Gasteiger partial charge is 0.303 e. The second-order valence-electron chi connectivity index (χ2n) is 7.76. The normalized spacial score (nSPS) is 31.1. The molecule has 5 unspecified atom stereocenters. The number of carbonyl (C=O) groups is 1. The van der Waals surface area contributed by atoms with E-state index in [4.69, 9.17) is 5.11 Å². The molecule has 0 saturated heterocycles. The second-order valence-corrected chi connectivity index (χ2v) is 7.76. The molecule has 0 aromatic carbocycles. The molecule has 5 atom stereocenters. The summed E-state index contributed by atoms with van der Waals surface area (Å²) in [5, 5.41) is 19.1. The lowest BCUT2D eigenvalue weighted by atomic mass is 9.90. The number of hydrogen-bond acceptors (Lipinski definition) is 2. The molecule has 0 spiro atoms. The van der Waals surface area contributed by atoms with E-state index >= 15 is 0 Å². The van der Waals surface area contributed by atoms with Crippen LogP contribution < -0.4 is 0 Å². The Bertz CT molecular complexity index is 564. The maximum Gasteiger partial charge on any atom is 0.303 e. The molecule has 0 heterocycles. The van der Waals surface area contributed by atoms with Gasteiger partial charge in [-0.05, 0) is 63.2 Å². The highest BCUT2D eigenvalue weighted by Crippen LogP contribution is 2.50. The standard InChI is InChI=1S/C22H32O3/c1-3-4-8-16(2)9-7-11-19-20-14-17(10-5-6-12-22(24)25)13-18(20)15-21(19)23/h7,10-11,16,18-21,23H,5-6,8-9,12-15H2,1-2H3,(H,24,25). The van der Waals surface area contributed by atoms with Crippen molar-refractivity contribution in [2.45, 2.75) is 71.3 Å². The third-order valence-corrected chi connectivity index (χ3v) is 5.66. The number of fused-ring (bicyclic) bond motifs is 1. The van der Waals surface area contributed by atoms with Gasteiger partial charge in [0, 0.05) is 18.8 Å². The van der Waals surface area contributed by atoms with Gasteiger partial charge in [0.15, 0.2) is 0 Å². The first-order valence-electron chi connectivity index (χ1n) is 9.65. The highest BCUT2D eigenvalue weighted by atomic mass is 16.4. The van der Waals surface area contributed by atoms with Crippen molar-refractivity contribution in [2.24, 2.45) is 23.7 Å². The molecule has 0 amide bonds. The molecule has 3 nitrogen and oxygen atoms in total. The zero-order chi connectivity index (χ0) is 18.2. The largest absolute Gasteiger partial charge is 0.481 e. The van der Waals surface area contributed by atoms with Crippen LogP contribution in [0.4, 0.5) is 0 Å². The predicted molar refractivity (Wildman–Crippen MR) is 101 cm³/mol. The third kappa shape index (κ3) is 6.04. The summed E-state index contributed by atoms with van der Waals surface area (Å²) < 4.78 is 0. The highest BCUT2D eigenvalue weighted by Gasteiger charge is 2.44. The first kappa shape index (κ1) is 19.8. The number of aliphatic carboxylic acids is 1. The first-order chi connectivity index (χ1) is 12.0. The summed E-state index contributed by atoms with van der Waals surface area (Å²) in [6.45, 7) is 4.10. The summed E-state index contributed by atoms with van der Waals surface area (Å²) in [4.78, 5) is 10.6. The van der Waals surface area contributed by atoms with E-state index in [1.54, 1.807) is 0 Å². The maximum atomic E-state index is 10.6. The molecule has 2 aliphatic rings. The summed E-state index contributed by atoms with van der Waals surface area (Å²) in [5.41, 5.74) is 1.47. The average molecular weight is 344 g/mol. The van der Waals surface area contributed by atoms with Crippen molar-refractivity contribution in [3.8, 4) is 11.8 Å². The molecule has 2 fully saturated rings. The predicted octanol–water partition coefficient (Wildman–Crippen LogP) is 4.57. The molecule has 0 aliphatic heterocycles. The van der Waals surface area contributed by atoms with E-state index in [1.807, 2.05) is 6.92 Å². The van der Waals surface area contributed by atoms with E-state index in [0.29, 0.717) is 17.8 Å². The monoisotopic (exact) mass is 344 g/mol. The number of hydrogen-bond donors (Lipinski definition) is 2. The molecule has 25 heavy (non-hydrogen) atoms. The van der Waals surface area contributed by atoms with E-state index in [-0.39, 0.29) is 18.4 Å². The topological polar surface area (TPSA) is 57.5 Å². The van der Waals surface area contributed by atoms with Crippen LogP contribution >= 0.6 is 0 Å². The van der Waals surface area contributed by atoms with Crippen molar-refractivity contribution in [1.82, 2.24) is 0 Å². The van der Waals surface area contributed by atoms with Crippen LogP contribution in [0.3, 0.4) is 0 Å². The SMILES string of the molecule is CC#CCC(C)CC=CC1C(O)CC2CC(=CCCCC(=O)O)CC21. The lowest BCUT2D eigenvalue weighted by Gasteiger charge is -2.17. The minimum atomic E-state index is -0.714. The summed E-state index contributed by atoms with van der Waals surface area (Å²) >= 11 is 0. The van der Waals surface area contributed by atoms with Crippen molar-refractivity contribution in [2.75, 3.05) is 0 Å². The Kier molecular flexibility index (Phi) is 7.78. The van der Waals surface area contributed by atoms with Crippen molar-refractivity contribution < 1.29 is 15.0 Å². The molecule has 0 aromatic rings. The molecule has 2 N–H and O–H groups in total. The molecule has 138 valence electrons. The van der Waals surface area contributed by atoms with Gasteiger partial charge in [-0.15, -0.1) is 11.8 Å². The van der Waals surface area contributed by atoms with Crippen molar-refractivity contribution >= 4 is 5.97 Å². The number of carboxylic acid groups (broad SMARTS) is 1. The van der Waals surface area contributed by atoms with Crippen LogP contribution in [0.2, 0.25) is 0 Å². The number of allylic oxidation sites excluding steroid dienone is 3. The van der Waals surface area contributed by atoms with Crippen LogP contribution in [0, 0.1) is 35.5 Å². The Hall–Kier alpha value is -1.53. The summed E-state index contributed by atoms with van der Waals surface area (Å²) in [5.74, 6) is 7.36. The molecule has 0 radical (unpaired) electrons. The Morgan fingerprint density at radius 1 is 1.40 bits per heavy atom. The van der Waals surface area contributed by atoms with Gasteiger partial charge in [-0.1, -0.05) is 30.7 Å². The first-order valence-corrected chi connectivity index (χ1v) is 9.65. The molecule has 2 saturated carbocycles. The fourth-order valence-electron chi connectivity index (χ4n) is 4.33. The summed E-state index contributed by atoms with van der Waals surface area (Å²) in [6, 6.07) is 0. The van der Waals surface area contributed by atoms with Crippen molar-refractivity contribution in [1.29, 1.82) is 0 Å². The van der Waals surface area contributed by atoms with E-state index < -0.39 is 5.97 Å². The van der Waals surface area contributed by atoms with Crippen LogP contribution in [0.5, 0.6) is 0 Å². The van der Waals surface area contributed by atoms with Gasteiger partial charge < -0.3 is 10.2 Å². The van der Waals surface area contributed by atoms with Gasteiger partial charge in [0.2, 0.25) is 0 Å². The molecular weight excluding hydrogens is 312 g/mol. The summed E-state index contributed by atoms with van der Waals surface area (Å²) in [7, 11) is 0. The Balaban J connectivity index is 1.83. The van der Waals surface area contributed by atoms with Gasteiger partial charge in [0.25, 0.3) is 0 Å². The third-order valence-electron chi connectivity index (χ3n) is 5.66. The number of aliphatic hydroxyl groups is 1. The molecule has 2 rings (SSSR count). The van der Waals surface area contributed by atoms with Crippen molar-refractivity contribution in [3.63, 3.8) is 0 Å². The van der Waals surface area contributed by atoms with Crippen LogP contribution in [0.15, 0.2) is 23.8 Å². The number of unbranched alkanes of at least 4 members (excludes halogenated alkanes) is 1. The van der Waals surface area contributed by atoms with Gasteiger partial charge in [0.1, 0.15) is 0 Å². The van der Waals surface area contributed by atoms with E-state index in [2.05, 4.69) is 37.0 Å². The Morgan fingerprint density at radius 2 is 2.20 bits per heavy atom. The Labute approximate surface area is 152 Å². The van der Waals surface area contributed by atoms with E-state index in [9.17, 15) is 9.90 Å². The maximum absolute atomic E-state index is 10.6. The molecule has 0 bridgehead atoms. The van der Waals surface area contributed by atoms with Gasteiger partial charge >= 0.3 is 5.97 Å². The fourth-order valence-corrected chi connectivity index (χ4v) is 4.33. The molecular formula is C22H32O3. The van der Waals surface area contributed by atoms with Crippen LogP contribution in [0.25, 0.3) is 0 Å². The number of aliphatic hydroxyl groups excluding tert-OH is 1. The lowest BCUT2D eigenvalue weighted by Crippen LogP contribution is -2.16. The van der Waals surface area contributed by atoms with Gasteiger partial charge in [-0.2, -0.15) is 0 Å². The lowest BCUT2D eigenvalue weighted by molar-refractivity contribution is -0.137. The molecule has 3 heteroatoms. The van der Waals surface area contributed by atoms with E-state index in [1.165, 1.54) is 5.57 Å². The van der Waals surface area contributed by atoms with Gasteiger partial charge in [-0.25, -0.2) is 0 Å². The van der Waals surface area contributed by atoms with Gasteiger partial charge in [0.05, 0.1) is 6.10 Å². The minimum absolute atomic E-state index is 0.203. The highest BCUT2D eigenvalue weighted by molar-refractivity contribution is 5.66. The van der Waals surface area contributed by atoms with Crippen LogP contribution in [-0.2, 0) is 4.79 Å². The van der Waals surface area contributed by atoms with Crippen molar-refractivity contribution in [3.05, 3.63) is 23.8 Å². The average Bonchev–Trinajstić information content (AvgIpc) is 3.07. The quantitative estimate of drug-likeness (QED) is 0.385. The minimum Gasteiger partial charge on any atom is -0.481 e. The molecule has 0 aromatic heterocycles. The zero-order valence-corrected chi connectivity index (χ0v) is 15.6. The van der Waals surface area contributed by atoms with Gasteiger partial charge in [-0.3, -0.25) is 4.79 Å².